The van der Waals surface area contributed by atoms with Crippen molar-refractivity contribution in [1.82, 2.24) is 0 Å². The summed E-state index contributed by atoms with van der Waals surface area (Å²) in [6, 6.07) is 10.8. The van der Waals surface area contributed by atoms with E-state index in [1.165, 1.54) is 30.0 Å². The van der Waals surface area contributed by atoms with Crippen molar-refractivity contribution < 1.29 is 9.31 Å². The molecule has 2 N–H and O–H groups in total. The molecule has 0 spiro atoms. The van der Waals surface area contributed by atoms with Crippen molar-refractivity contribution in [3.05, 3.63) is 64.0 Å². The Labute approximate surface area is 113 Å². The molecule has 0 aromatic heterocycles. The van der Waals surface area contributed by atoms with Crippen LogP contribution in [-0.4, -0.2) is 4.92 Å². The molecule has 0 fully saturated rings. The second-order valence-corrected chi connectivity index (χ2v) is 4.92. The summed E-state index contributed by atoms with van der Waals surface area (Å²) in [4.78, 5) is 10.7. The number of nitro groups is 1. The van der Waals surface area contributed by atoms with E-state index in [-0.39, 0.29) is 11.5 Å². The fraction of sp³-hybridized carbons (Fsp3) is 0.0769. The molecule has 0 amide bonds. The first-order valence-electron chi connectivity index (χ1n) is 5.47. The number of rotatable bonds is 4. The minimum Gasteiger partial charge on any atom is -0.399 e. The molecule has 98 valence electrons. The fourth-order valence-corrected chi connectivity index (χ4v) is 2.42. The van der Waals surface area contributed by atoms with Gasteiger partial charge in [0, 0.05) is 28.5 Å². The average molecular weight is 278 g/mol. The van der Waals surface area contributed by atoms with Gasteiger partial charge < -0.3 is 5.73 Å². The first-order valence-corrected chi connectivity index (χ1v) is 6.46. The van der Waals surface area contributed by atoms with E-state index in [0.29, 0.717) is 16.3 Å². The van der Waals surface area contributed by atoms with E-state index in [4.69, 9.17) is 5.73 Å². The number of hydrogen-bond acceptors (Lipinski definition) is 4. The largest absolute Gasteiger partial charge is 0.399 e. The average Bonchev–Trinajstić information content (AvgIpc) is 2.38. The van der Waals surface area contributed by atoms with Crippen LogP contribution in [0.25, 0.3) is 0 Å². The molecule has 2 aromatic rings. The maximum Gasteiger partial charge on any atom is 0.269 e. The standard InChI is InChI=1S/C13H11FN2O2S/c14-12-7-10(15)4-5-13(12)19-8-9-2-1-3-11(6-9)16(17)18/h1-7H,8,15H2. The zero-order valence-corrected chi connectivity index (χ0v) is 10.7. The van der Waals surface area contributed by atoms with E-state index in [2.05, 4.69) is 0 Å². The van der Waals surface area contributed by atoms with Gasteiger partial charge in [-0.2, -0.15) is 0 Å². The molecule has 6 heteroatoms. The van der Waals surface area contributed by atoms with Crippen molar-refractivity contribution in [2.45, 2.75) is 10.6 Å². The maximum atomic E-state index is 13.6. The van der Waals surface area contributed by atoms with Crippen molar-refractivity contribution in [1.29, 1.82) is 0 Å². The van der Waals surface area contributed by atoms with Crippen molar-refractivity contribution in [3.63, 3.8) is 0 Å². The lowest BCUT2D eigenvalue weighted by atomic mass is 10.2. The lowest BCUT2D eigenvalue weighted by molar-refractivity contribution is -0.384. The Bertz CT molecular complexity index is 619. The molecule has 4 nitrogen and oxygen atoms in total. The van der Waals surface area contributed by atoms with E-state index in [9.17, 15) is 14.5 Å². The molecule has 0 unspecified atom stereocenters. The first kappa shape index (κ1) is 13.4. The molecule has 0 saturated heterocycles. The van der Waals surface area contributed by atoms with Crippen LogP contribution in [0.15, 0.2) is 47.4 Å². The molecule has 0 aliphatic rings. The molecule has 19 heavy (non-hydrogen) atoms. The van der Waals surface area contributed by atoms with Crippen LogP contribution in [-0.2, 0) is 5.75 Å². The summed E-state index contributed by atoms with van der Waals surface area (Å²) in [6.07, 6.45) is 0. The molecule has 0 atom stereocenters. The Morgan fingerprint density at radius 3 is 2.74 bits per heavy atom. The monoisotopic (exact) mass is 278 g/mol. The third-order valence-corrected chi connectivity index (χ3v) is 3.59. The highest BCUT2D eigenvalue weighted by Gasteiger charge is 2.07. The quantitative estimate of drug-likeness (QED) is 0.401. The second kappa shape index (κ2) is 5.71. The third-order valence-electron chi connectivity index (χ3n) is 2.47. The third kappa shape index (κ3) is 3.45. The molecule has 2 rings (SSSR count). The van der Waals surface area contributed by atoms with Gasteiger partial charge in [0.05, 0.1) is 4.92 Å². The molecular weight excluding hydrogens is 267 g/mol. The number of hydrogen-bond donors (Lipinski definition) is 1. The van der Waals surface area contributed by atoms with Gasteiger partial charge in [-0.15, -0.1) is 11.8 Å². The molecule has 0 bridgehead atoms. The summed E-state index contributed by atoms with van der Waals surface area (Å²) in [5.74, 6) is 0.0816. The van der Waals surface area contributed by atoms with E-state index < -0.39 is 4.92 Å². The summed E-state index contributed by atoms with van der Waals surface area (Å²) < 4.78 is 13.6. The van der Waals surface area contributed by atoms with Crippen LogP contribution >= 0.6 is 11.8 Å². The maximum absolute atomic E-state index is 13.6. The molecule has 2 aromatic carbocycles. The number of halogens is 1. The number of nitrogens with zero attached hydrogens (tertiary/aromatic N) is 1. The minimum atomic E-state index is -0.446. The summed E-state index contributed by atoms with van der Waals surface area (Å²) in [7, 11) is 0. The van der Waals surface area contributed by atoms with Crippen LogP contribution in [0.4, 0.5) is 15.8 Å². The molecule has 0 heterocycles. The topological polar surface area (TPSA) is 69.2 Å². The summed E-state index contributed by atoms with van der Waals surface area (Å²) in [6.45, 7) is 0. The number of anilines is 1. The molecule has 0 radical (unpaired) electrons. The van der Waals surface area contributed by atoms with Gasteiger partial charge in [-0.25, -0.2) is 4.39 Å². The van der Waals surface area contributed by atoms with Crippen LogP contribution in [0.2, 0.25) is 0 Å². The second-order valence-electron chi connectivity index (χ2n) is 3.91. The SMILES string of the molecule is Nc1ccc(SCc2cccc([N+](=O)[O-])c2)c(F)c1. The lowest BCUT2D eigenvalue weighted by Crippen LogP contribution is -1.90. The van der Waals surface area contributed by atoms with Crippen LogP contribution in [0, 0.1) is 15.9 Å². The zero-order chi connectivity index (χ0) is 13.8. The van der Waals surface area contributed by atoms with Gasteiger partial charge in [-0.1, -0.05) is 12.1 Å². The van der Waals surface area contributed by atoms with Gasteiger partial charge in [0.1, 0.15) is 5.82 Å². The predicted octanol–water partition coefficient (Wildman–Crippen LogP) is 3.61. The Morgan fingerprint density at radius 1 is 1.26 bits per heavy atom. The van der Waals surface area contributed by atoms with Gasteiger partial charge in [0.15, 0.2) is 0 Å². The highest BCUT2D eigenvalue weighted by Crippen LogP contribution is 2.27. The molecular formula is C13H11FN2O2S. The van der Waals surface area contributed by atoms with Crippen LogP contribution in [0.1, 0.15) is 5.56 Å². The number of non-ortho nitro benzene ring substituents is 1. The molecule has 0 aliphatic heterocycles. The number of nitro benzene ring substituents is 1. The highest BCUT2D eigenvalue weighted by molar-refractivity contribution is 7.98. The Hall–Kier alpha value is -2.08. The number of thioether (sulfide) groups is 1. The van der Waals surface area contributed by atoms with Crippen LogP contribution in [0.5, 0.6) is 0 Å². The smallest absolute Gasteiger partial charge is 0.269 e. The van der Waals surface area contributed by atoms with E-state index in [1.807, 2.05) is 0 Å². The fourth-order valence-electron chi connectivity index (χ4n) is 1.56. The van der Waals surface area contributed by atoms with E-state index in [0.717, 1.165) is 5.56 Å². The number of nitrogen functional groups attached to an aromatic ring is 1. The van der Waals surface area contributed by atoms with Crippen LogP contribution < -0.4 is 5.73 Å². The normalized spacial score (nSPS) is 10.4. The number of benzene rings is 2. The Kier molecular flexibility index (Phi) is 4.01. The summed E-state index contributed by atoms with van der Waals surface area (Å²) >= 11 is 1.28. The Morgan fingerprint density at radius 2 is 2.05 bits per heavy atom. The molecule has 0 saturated carbocycles. The Balaban J connectivity index is 2.10. The first-order chi connectivity index (χ1) is 9.06. The summed E-state index contributed by atoms with van der Waals surface area (Å²) in [5.41, 5.74) is 6.65. The van der Waals surface area contributed by atoms with Gasteiger partial charge in [0.2, 0.25) is 0 Å². The zero-order valence-electron chi connectivity index (χ0n) is 9.88. The van der Waals surface area contributed by atoms with E-state index in [1.54, 1.807) is 24.3 Å². The minimum absolute atomic E-state index is 0.0379. The van der Waals surface area contributed by atoms with Gasteiger partial charge >= 0.3 is 0 Å². The molecule has 0 aliphatic carbocycles. The summed E-state index contributed by atoms with van der Waals surface area (Å²) in [5, 5.41) is 10.6. The van der Waals surface area contributed by atoms with E-state index >= 15 is 0 Å². The van der Waals surface area contributed by atoms with Crippen molar-refractivity contribution in [2.75, 3.05) is 5.73 Å². The van der Waals surface area contributed by atoms with Gasteiger partial charge in [-0.3, -0.25) is 10.1 Å². The predicted molar refractivity (Wildman–Crippen MR) is 73.5 cm³/mol. The van der Waals surface area contributed by atoms with Crippen LogP contribution in [0.3, 0.4) is 0 Å². The van der Waals surface area contributed by atoms with Gasteiger partial charge in [-0.05, 0) is 23.8 Å². The van der Waals surface area contributed by atoms with Gasteiger partial charge in [0.25, 0.3) is 5.69 Å². The van der Waals surface area contributed by atoms with Crippen molar-refractivity contribution in [3.8, 4) is 0 Å². The van der Waals surface area contributed by atoms with Crippen molar-refractivity contribution in [2.24, 2.45) is 0 Å². The highest BCUT2D eigenvalue weighted by atomic mass is 32.2. The lowest BCUT2D eigenvalue weighted by Gasteiger charge is -2.04. The number of nitrogens with two attached hydrogens (primary N) is 1. The van der Waals surface area contributed by atoms with Crippen molar-refractivity contribution >= 4 is 23.1 Å².